The molecule has 0 spiro atoms. The third-order valence-corrected chi connectivity index (χ3v) is 7.34. The van der Waals surface area contributed by atoms with Crippen LogP contribution in [-0.2, 0) is 0 Å². The summed E-state index contributed by atoms with van der Waals surface area (Å²) in [5.74, 6) is 0.353. The molecule has 0 saturated carbocycles. The normalized spacial score (nSPS) is 21.2. The van der Waals surface area contributed by atoms with Gasteiger partial charge >= 0.3 is 0 Å². The fraction of sp³-hybridized carbons (Fsp3) is 0.314. The van der Waals surface area contributed by atoms with E-state index in [1.807, 2.05) is 27.7 Å². The lowest BCUT2D eigenvalue weighted by Crippen LogP contribution is -2.40. The standard InChI is InChI=1S/C31H30N2.2C2H6/c1-22-17-19-33-30(20-22)28-21-25(24-11-4-3-5-12-24)15-16-27(28)31(33)32-18-9-8-14-29(32)26-13-7-6-10-23(26)2;2*1-2/h3-5,7-17,20-21,26,31H,6,18-19H2,1-2H3;2*1-2H3/t26?,31-;;/m1../s1. The Morgan fingerprint density at radius 2 is 1.57 bits per heavy atom. The second-order valence-electron chi connectivity index (χ2n) is 9.43. The Balaban J connectivity index is 0.000000765. The Hall–Kier alpha value is -3.52. The summed E-state index contributed by atoms with van der Waals surface area (Å²) in [5, 5.41) is 0. The van der Waals surface area contributed by atoms with E-state index in [4.69, 9.17) is 0 Å². The molecular formula is C35H42N2. The summed E-state index contributed by atoms with van der Waals surface area (Å²) in [6.07, 6.45) is 19.9. The Kier molecular flexibility index (Phi) is 8.71. The molecule has 4 aliphatic rings. The van der Waals surface area contributed by atoms with Crippen LogP contribution in [0.4, 0.5) is 0 Å². The van der Waals surface area contributed by atoms with Crippen molar-refractivity contribution in [3.8, 4) is 11.1 Å². The van der Waals surface area contributed by atoms with Crippen LogP contribution in [0, 0.1) is 5.92 Å². The fourth-order valence-electron chi connectivity index (χ4n) is 5.62. The summed E-state index contributed by atoms with van der Waals surface area (Å²) in [7, 11) is 0. The Morgan fingerprint density at radius 1 is 0.784 bits per heavy atom. The van der Waals surface area contributed by atoms with Gasteiger partial charge in [0, 0.05) is 41.5 Å². The van der Waals surface area contributed by atoms with Gasteiger partial charge in [-0.3, -0.25) is 0 Å². The van der Waals surface area contributed by atoms with Crippen LogP contribution in [0.15, 0.2) is 114 Å². The third kappa shape index (κ3) is 5.16. The molecule has 0 fully saturated rings. The summed E-state index contributed by atoms with van der Waals surface area (Å²) < 4.78 is 0. The van der Waals surface area contributed by atoms with Gasteiger partial charge in [0.25, 0.3) is 0 Å². The van der Waals surface area contributed by atoms with Crippen LogP contribution in [-0.4, -0.2) is 22.9 Å². The number of benzene rings is 2. The molecular weight excluding hydrogens is 448 g/mol. The molecule has 3 aliphatic heterocycles. The highest BCUT2D eigenvalue weighted by atomic mass is 15.4. The topological polar surface area (TPSA) is 6.48 Å². The van der Waals surface area contributed by atoms with Crippen LogP contribution in [0.2, 0.25) is 0 Å². The van der Waals surface area contributed by atoms with Crippen LogP contribution in [0.5, 0.6) is 0 Å². The molecule has 0 bridgehead atoms. The SMILES string of the molecule is CC.CC.CC1=CCN2C(=C1)c1cc(-c3ccccc3)ccc1[C@@H]2N1CC=CC=C1C1C=CCC=C1C. The maximum Gasteiger partial charge on any atom is 0.129 e. The van der Waals surface area contributed by atoms with Gasteiger partial charge in [-0.05, 0) is 49.6 Å². The van der Waals surface area contributed by atoms with E-state index in [9.17, 15) is 0 Å². The lowest BCUT2D eigenvalue weighted by molar-refractivity contribution is 0.139. The monoisotopic (exact) mass is 490 g/mol. The molecule has 0 N–H and O–H groups in total. The van der Waals surface area contributed by atoms with Gasteiger partial charge in [0.15, 0.2) is 0 Å². The fourth-order valence-corrected chi connectivity index (χ4v) is 5.62. The first-order chi connectivity index (χ1) is 18.2. The van der Waals surface area contributed by atoms with E-state index < -0.39 is 0 Å². The van der Waals surface area contributed by atoms with Gasteiger partial charge in [-0.2, -0.15) is 0 Å². The number of fused-ring (bicyclic) bond motifs is 3. The van der Waals surface area contributed by atoms with Crippen LogP contribution < -0.4 is 0 Å². The quantitative estimate of drug-likeness (QED) is 0.396. The number of rotatable bonds is 3. The molecule has 0 aromatic heterocycles. The van der Waals surface area contributed by atoms with Crippen molar-refractivity contribution in [2.75, 3.05) is 13.1 Å². The molecule has 2 heteroatoms. The average molecular weight is 491 g/mol. The molecule has 2 aromatic rings. The minimum atomic E-state index is 0.208. The van der Waals surface area contributed by atoms with Crippen molar-refractivity contribution in [1.82, 2.24) is 9.80 Å². The molecule has 0 radical (unpaired) electrons. The zero-order valence-corrected chi connectivity index (χ0v) is 23.4. The lowest BCUT2D eigenvalue weighted by atomic mass is 9.89. The van der Waals surface area contributed by atoms with Crippen molar-refractivity contribution in [2.45, 2.75) is 54.1 Å². The summed E-state index contributed by atoms with van der Waals surface area (Å²) in [5.41, 5.74) is 10.9. The smallest absolute Gasteiger partial charge is 0.129 e. The summed E-state index contributed by atoms with van der Waals surface area (Å²) in [4.78, 5) is 5.21. The van der Waals surface area contributed by atoms with E-state index in [-0.39, 0.29) is 6.17 Å². The van der Waals surface area contributed by atoms with Gasteiger partial charge in [0.1, 0.15) is 6.17 Å². The number of hydrogen-bond donors (Lipinski definition) is 0. The van der Waals surface area contributed by atoms with Crippen molar-refractivity contribution in [1.29, 1.82) is 0 Å². The van der Waals surface area contributed by atoms with Gasteiger partial charge in [-0.25, -0.2) is 0 Å². The first-order valence-corrected chi connectivity index (χ1v) is 14.0. The predicted molar refractivity (Wildman–Crippen MR) is 161 cm³/mol. The van der Waals surface area contributed by atoms with E-state index in [1.165, 1.54) is 44.8 Å². The molecule has 192 valence electrons. The van der Waals surface area contributed by atoms with Gasteiger partial charge in [0.05, 0.1) is 0 Å². The Bertz CT molecular complexity index is 1270. The van der Waals surface area contributed by atoms with Crippen molar-refractivity contribution < 1.29 is 0 Å². The molecule has 2 atom stereocenters. The summed E-state index contributed by atoms with van der Waals surface area (Å²) in [6, 6.07) is 17.8. The van der Waals surface area contributed by atoms with Crippen molar-refractivity contribution in [3.05, 3.63) is 125 Å². The summed E-state index contributed by atoms with van der Waals surface area (Å²) >= 11 is 0. The molecule has 1 unspecified atom stereocenters. The highest BCUT2D eigenvalue weighted by molar-refractivity contribution is 5.79. The molecule has 2 nitrogen and oxygen atoms in total. The second kappa shape index (κ2) is 12.1. The van der Waals surface area contributed by atoms with Crippen LogP contribution in [0.3, 0.4) is 0 Å². The highest BCUT2D eigenvalue weighted by Gasteiger charge is 2.40. The summed E-state index contributed by atoms with van der Waals surface area (Å²) in [6.45, 7) is 14.4. The predicted octanol–water partition coefficient (Wildman–Crippen LogP) is 9.30. The van der Waals surface area contributed by atoms with Crippen molar-refractivity contribution in [3.63, 3.8) is 0 Å². The minimum Gasteiger partial charge on any atom is -0.346 e. The molecule has 0 amide bonds. The number of hydrogen-bond acceptors (Lipinski definition) is 2. The van der Waals surface area contributed by atoms with Gasteiger partial charge in [0.2, 0.25) is 0 Å². The minimum absolute atomic E-state index is 0.208. The maximum absolute atomic E-state index is 2.62. The first-order valence-electron chi connectivity index (χ1n) is 14.0. The molecule has 0 saturated heterocycles. The van der Waals surface area contributed by atoms with Crippen LogP contribution in [0.1, 0.15) is 65.3 Å². The largest absolute Gasteiger partial charge is 0.346 e. The Labute approximate surface area is 224 Å². The number of nitrogens with zero attached hydrogens (tertiary/aromatic N) is 2. The van der Waals surface area contributed by atoms with Gasteiger partial charge < -0.3 is 9.80 Å². The number of allylic oxidation sites excluding steroid dienone is 7. The van der Waals surface area contributed by atoms with E-state index in [0.29, 0.717) is 5.92 Å². The Morgan fingerprint density at radius 3 is 2.32 bits per heavy atom. The first kappa shape index (κ1) is 26.5. The van der Waals surface area contributed by atoms with Crippen molar-refractivity contribution >= 4 is 5.70 Å². The average Bonchev–Trinajstić information content (AvgIpc) is 3.28. The zero-order chi connectivity index (χ0) is 26.4. The van der Waals surface area contributed by atoms with E-state index in [0.717, 1.165) is 19.5 Å². The molecule has 3 heterocycles. The molecule has 37 heavy (non-hydrogen) atoms. The second-order valence-corrected chi connectivity index (χ2v) is 9.43. The zero-order valence-electron chi connectivity index (χ0n) is 23.4. The molecule has 2 aromatic carbocycles. The van der Waals surface area contributed by atoms with Gasteiger partial charge in [-0.15, -0.1) is 0 Å². The highest BCUT2D eigenvalue weighted by Crippen LogP contribution is 2.48. The van der Waals surface area contributed by atoms with Crippen LogP contribution in [0.25, 0.3) is 16.8 Å². The van der Waals surface area contributed by atoms with E-state index >= 15 is 0 Å². The van der Waals surface area contributed by atoms with E-state index in [2.05, 4.69) is 121 Å². The van der Waals surface area contributed by atoms with Crippen LogP contribution >= 0.6 is 0 Å². The van der Waals surface area contributed by atoms with E-state index in [1.54, 1.807) is 0 Å². The van der Waals surface area contributed by atoms with Crippen molar-refractivity contribution in [2.24, 2.45) is 5.92 Å². The van der Waals surface area contributed by atoms with Gasteiger partial charge in [-0.1, -0.05) is 118 Å². The molecule has 1 aliphatic carbocycles. The maximum atomic E-state index is 2.62. The lowest BCUT2D eigenvalue weighted by Gasteiger charge is -2.43. The third-order valence-electron chi connectivity index (χ3n) is 7.34. The molecule has 6 rings (SSSR count).